The van der Waals surface area contributed by atoms with Gasteiger partial charge >= 0.3 is 0 Å². The van der Waals surface area contributed by atoms with Gasteiger partial charge in [-0.2, -0.15) is 0 Å². The van der Waals surface area contributed by atoms with E-state index in [0.717, 1.165) is 16.2 Å². The third-order valence-electron chi connectivity index (χ3n) is 3.85. The van der Waals surface area contributed by atoms with Crippen molar-refractivity contribution in [3.8, 4) is 16.5 Å². The highest BCUT2D eigenvalue weighted by atomic mass is 35.5. The normalized spacial score (nSPS) is 12.5. The Bertz CT molecular complexity index is 804. The van der Waals surface area contributed by atoms with Crippen molar-refractivity contribution >= 4 is 22.9 Å². The van der Waals surface area contributed by atoms with Crippen molar-refractivity contribution in [1.82, 2.24) is 15.1 Å². The summed E-state index contributed by atoms with van der Waals surface area (Å²) in [5, 5.41) is 11.0. The number of thiophene rings is 1. The monoisotopic (exact) mass is 363 g/mol. The SMILES string of the molecule is COc1ccc(Cl)cc1CN(C)[C@H](C)c1nnc(-c2cccs2)o1. The predicted molar refractivity (Wildman–Crippen MR) is 95.5 cm³/mol. The molecule has 7 heteroatoms. The molecule has 0 spiro atoms. The van der Waals surface area contributed by atoms with E-state index < -0.39 is 0 Å². The first-order chi connectivity index (χ1) is 11.6. The molecule has 5 nitrogen and oxygen atoms in total. The molecular formula is C17H18ClN3O2S. The molecule has 0 radical (unpaired) electrons. The fourth-order valence-electron chi connectivity index (χ4n) is 2.37. The van der Waals surface area contributed by atoms with Crippen LogP contribution in [0.3, 0.4) is 0 Å². The van der Waals surface area contributed by atoms with Crippen LogP contribution in [0.15, 0.2) is 40.1 Å². The largest absolute Gasteiger partial charge is 0.496 e. The summed E-state index contributed by atoms with van der Waals surface area (Å²) < 4.78 is 11.2. The molecule has 2 heterocycles. The van der Waals surface area contributed by atoms with Gasteiger partial charge in [-0.3, -0.25) is 4.90 Å². The van der Waals surface area contributed by atoms with Crippen LogP contribution in [0, 0.1) is 0 Å². The van der Waals surface area contributed by atoms with Gasteiger partial charge in [-0.25, -0.2) is 0 Å². The summed E-state index contributed by atoms with van der Waals surface area (Å²) in [4.78, 5) is 3.08. The first-order valence-electron chi connectivity index (χ1n) is 7.48. The van der Waals surface area contributed by atoms with Gasteiger partial charge in [0.25, 0.3) is 5.89 Å². The molecular weight excluding hydrogens is 346 g/mol. The van der Waals surface area contributed by atoms with Gasteiger partial charge in [0.05, 0.1) is 18.0 Å². The third kappa shape index (κ3) is 3.61. The molecule has 3 rings (SSSR count). The van der Waals surface area contributed by atoms with Crippen molar-refractivity contribution in [3.05, 3.63) is 52.2 Å². The van der Waals surface area contributed by atoms with Crippen LogP contribution >= 0.6 is 22.9 Å². The van der Waals surface area contributed by atoms with Crippen LogP contribution in [0.1, 0.15) is 24.4 Å². The van der Waals surface area contributed by atoms with Gasteiger partial charge in [-0.15, -0.1) is 21.5 Å². The van der Waals surface area contributed by atoms with E-state index in [0.29, 0.717) is 23.3 Å². The number of hydrogen-bond donors (Lipinski definition) is 0. The van der Waals surface area contributed by atoms with Crippen molar-refractivity contribution in [2.45, 2.75) is 19.5 Å². The molecule has 0 bridgehead atoms. The average molecular weight is 364 g/mol. The average Bonchev–Trinajstić information content (AvgIpc) is 3.25. The predicted octanol–water partition coefficient (Wildman–Crippen LogP) is 4.65. The number of halogens is 1. The molecule has 0 saturated heterocycles. The molecule has 1 aromatic carbocycles. The van der Waals surface area contributed by atoms with E-state index in [1.807, 2.05) is 49.7 Å². The lowest BCUT2D eigenvalue weighted by molar-refractivity contribution is 0.215. The van der Waals surface area contributed by atoms with Crippen molar-refractivity contribution in [1.29, 1.82) is 0 Å². The van der Waals surface area contributed by atoms with Crippen LogP contribution in [0.4, 0.5) is 0 Å². The molecule has 0 fully saturated rings. The number of nitrogens with zero attached hydrogens (tertiary/aromatic N) is 3. The minimum atomic E-state index is -0.0325. The van der Waals surface area contributed by atoms with Crippen LogP contribution in [0.25, 0.3) is 10.8 Å². The van der Waals surface area contributed by atoms with Crippen molar-refractivity contribution < 1.29 is 9.15 Å². The Hall–Kier alpha value is -1.89. The minimum absolute atomic E-state index is 0.0325. The first kappa shape index (κ1) is 17.0. The Morgan fingerprint density at radius 1 is 1.33 bits per heavy atom. The second-order valence-electron chi connectivity index (χ2n) is 5.47. The first-order valence-corrected chi connectivity index (χ1v) is 8.74. The molecule has 0 aliphatic rings. The van der Waals surface area contributed by atoms with Gasteiger partial charge < -0.3 is 9.15 Å². The van der Waals surface area contributed by atoms with E-state index in [9.17, 15) is 0 Å². The van der Waals surface area contributed by atoms with Crippen molar-refractivity contribution in [3.63, 3.8) is 0 Å². The van der Waals surface area contributed by atoms with Gasteiger partial charge in [-0.1, -0.05) is 17.7 Å². The molecule has 2 aromatic heterocycles. The number of hydrogen-bond acceptors (Lipinski definition) is 6. The summed E-state index contributed by atoms with van der Waals surface area (Å²) in [5.74, 6) is 1.95. The number of ether oxygens (including phenoxy) is 1. The molecule has 1 atom stereocenters. The van der Waals surface area contributed by atoms with E-state index in [-0.39, 0.29) is 6.04 Å². The zero-order chi connectivity index (χ0) is 17.1. The molecule has 0 saturated carbocycles. The maximum absolute atomic E-state index is 6.10. The topological polar surface area (TPSA) is 51.4 Å². The number of rotatable bonds is 6. The Balaban J connectivity index is 1.75. The Morgan fingerprint density at radius 2 is 2.17 bits per heavy atom. The van der Waals surface area contributed by atoms with E-state index >= 15 is 0 Å². The lowest BCUT2D eigenvalue weighted by Gasteiger charge is -2.22. The number of methoxy groups -OCH3 is 1. The van der Waals surface area contributed by atoms with Crippen LogP contribution in [-0.4, -0.2) is 29.3 Å². The zero-order valence-corrected chi connectivity index (χ0v) is 15.3. The summed E-state index contributed by atoms with van der Waals surface area (Å²) in [6.45, 7) is 2.68. The molecule has 0 N–H and O–H groups in total. The highest BCUT2D eigenvalue weighted by molar-refractivity contribution is 7.13. The second kappa shape index (κ2) is 7.34. The lowest BCUT2D eigenvalue weighted by atomic mass is 10.1. The van der Waals surface area contributed by atoms with Crippen LogP contribution in [0.2, 0.25) is 5.02 Å². The summed E-state index contributed by atoms with van der Waals surface area (Å²) in [6.07, 6.45) is 0. The summed E-state index contributed by atoms with van der Waals surface area (Å²) in [5.41, 5.74) is 1.01. The quantitative estimate of drug-likeness (QED) is 0.637. The highest BCUT2D eigenvalue weighted by Crippen LogP contribution is 2.29. The van der Waals surface area contributed by atoms with Crippen LogP contribution in [-0.2, 0) is 6.54 Å². The van der Waals surface area contributed by atoms with Gasteiger partial charge in [0.15, 0.2) is 0 Å². The zero-order valence-electron chi connectivity index (χ0n) is 13.7. The number of aromatic nitrogens is 2. The van der Waals surface area contributed by atoms with Crippen molar-refractivity contribution in [2.75, 3.05) is 14.2 Å². The van der Waals surface area contributed by atoms with Gasteiger partial charge in [0.2, 0.25) is 5.89 Å². The second-order valence-corrected chi connectivity index (χ2v) is 6.85. The van der Waals surface area contributed by atoms with Gasteiger partial charge in [-0.05, 0) is 43.6 Å². The molecule has 3 aromatic rings. The molecule has 0 amide bonds. The smallest absolute Gasteiger partial charge is 0.257 e. The fourth-order valence-corrected chi connectivity index (χ4v) is 3.21. The maximum atomic E-state index is 6.10. The van der Waals surface area contributed by atoms with E-state index in [1.54, 1.807) is 18.4 Å². The molecule has 126 valence electrons. The van der Waals surface area contributed by atoms with Crippen molar-refractivity contribution in [2.24, 2.45) is 0 Å². The molecule has 0 aliphatic heterocycles. The number of benzene rings is 1. The maximum Gasteiger partial charge on any atom is 0.257 e. The van der Waals surface area contributed by atoms with Gasteiger partial charge in [0, 0.05) is 17.1 Å². The minimum Gasteiger partial charge on any atom is -0.496 e. The lowest BCUT2D eigenvalue weighted by Crippen LogP contribution is -2.22. The third-order valence-corrected chi connectivity index (χ3v) is 4.95. The van der Waals surface area contributed by atoms with E-state index in [4.69, 9.17) is 20.8 Å². The van der Waals surface area contributed by atoms with E-state index in [1.165, 1.54) is 0 Å². The fraction of sp³-hybridized carbons (Fsp3) is 0.294. The van der Waals surface area contributed by atoms with Crippen LogP contribution < -0.4 is 4.74 Å². The van der Waals surface area contributed by atoms with Crippen LogP contribution in [0.5, 0.6) is 5.75 Å². The highest BCUT2D eigenvalue weighted by Gasteiger charge is 2.20. The summed E-state index contributed by atoms with van der Waals surface area (Å²) in [7, 11) is 3.65. The standard InChI is InChI=1S/C17H18ClN3O2S/c1-11(16-19-20-17(23-16)15-5-4-8-24-15)21(2)10-12-9-13(18)6-7-14(12)22-3/h4-9,11H,10H2,1-3H3/t11-/m1/s1. The summed E-state index contributed by atoms with van der Waals surface area (Å²) >= 11 is 7.68. The Labute approximate surface area is 149 Å². The Morgan fingerprint density at radius 3 is 2.88 bits per heavy atom. The van der Waals surface area contributed by atoms with E-state index in [2.05, 4.69) is 15.1 Å². The van der Waals surface area contributed by atoms with Gasteiger partial charge in [0.1, 0.15) is 5.75 Å². The Kier molecular flexibility index (Phi) is 5.18. The summed E-state index contributed by atoms with van der Waals surface area (Å²) in [6, 6.07) is 9.50. The molecule has 0 unspecified atom stereocenters. The molecule has 0 aliphatic carbocycles. The molecule has 24 heavy (non-hydrogen) atoms.